The summed E-state index contributed by atoms with van der Waals surface area (Å²) in [6.45, 7) is 4.99. The van der Waals surface area contributed by atoms with Crippen LogP contribution in [0.25, 0.3) is 0 Å². The topological polar surface area (TPSA) is 57.8 Å². The molecule has 0 unspecified atom stereocenters. The van der Waals surface area contributed by atoms with E-state index in [1.165, 1.54) is 6.07 Å². The summed E-state index contributed by atoms with van der Waals surface area (Å²) in [6.07, 6.45) is 2.83. The van der Waals surface area contributed by atoms with Crippen LogP contribution in [-0.2, 0) is 6.42 Å². The van der Waals surface area contributed by atoms with E-state index < -0.39 is 0 Å². The first-order valence-corrected chi connectivity index (χ1v) is 5.10. The van der Waals surface area contributed by atoms with E-state index in [1.807, 2.05) is 0 Å². The lowest BCUT2D eigenvalue weighted by atomic mass is 10.3. The van der Waals surface area contributed by atoms with Crippen molar-refractivity contribution < 1.29 is 0 Å². The Bertz CT molecular complexity index is 332. The van der Waals surface area contributed by atoms with Gasteiger partial charge in [0.25, 0.3) is 5.56 Å². The number of aromatic nitrogens is 2. The summed E-state index contributed by atoms with van der Waals surface area (Å²) in [5, 5.41) is 3.10. The van der Waals surface area contributed by atoms with E-state index in [1.54, 1.807) is 0 Å². The third-order valence-electron chi connectivity index (χ3n) is 1.83. The van der Waals surface area contributed by atoms with Gasteiger partial charge in [-0.1, -0.05) is 13.8 Å². The average Bonchev–Trinajstić information content (AvgIpc) is 2.14. The van der Waals surface area contributed by atoms with E-state index >= 15 is 0 Å². The Hall–Kier alpha value is -1.32. The number of nitrogens with zero attached hydrogens (tertiary/aromatic N) is 1. The molecule has 78 valence electrons. The SMILES string of the molecule is CCCNc1cc(=O)[nH]c(CCC)n1. The number of aromatic amines is 1. The Morgan fingerprint density at radius 3 is 2.86 bits per heavy atom. The smallest absolute Gasteiger partial charge is 0.252 e. The maximum atomic E-state index is 11.2. The lowest BCUT2D eigenvalue weighted by molar-refractivity contribution is 0.823. The second kappa shape index (κ2) is 5.42. The fraction of sp³-hybridized carbons (Fsp3) is 0.600. The van der Waals surface area contributed by atoms with E-state index in [4.69, 9.17) is 0 Å². The summed E-state index contributed by atoms with van der Waals surface area (Å²) in [5.41, 5.74) is -0.0814. The molecule has 0 aliphatic carbocycles. The number of rotatable bonds is 5. The number of hydrogen-bond acceptors (Lipinski definition) is 3. The standard InChI is InChI=1S/C10H17N3O/c1-3-5-8-12-9(11-6-4-2)7-10(14)13-8/h7H,3-6H2,1-2H3,(H2,11,12,13,14). The first-order chi connectivity index (χ1) is 6.76. The van der Waals surface area contributed by atoms with Gasteiger partial charge in [0.1, 0.15) is 11.6 Å². The van der Waals surface area contributed by atoms with Crippen molar-refractivity contribution in [3.63, 3.8) is 0 Å². The van der Waals surface area contributed by atoms with Crippen LogP contribution in [0.15, 0.2) is 10.9 Å². The normalized spacial score (nSPS) is 10.1. The number of anilines is 1. The summed E-state index contributed by atoms with van der Waals surface area (Å²) >= 11 is 0. The highest BCUT2D eigenvalue weighted by molar-refractivity contribution is 5.32. The largest absolute Gasteiger partial charge is 0.370 e. The molecule has 0 saturated heterocycles. The van der Waals surface area contributed by atoms with Crippen LogP contribution in [0.2, 0.25) is 0 Å². The van der Waals surface area contributed by atoms with Crippen molar-refractivity contribution in [2.24, 2.45) is 0 Å². The second-order valence-corrected chi connectivity index (χ2v) is 3.25. The Morgan fingerprint density at radius 1 is 1.43 bits per heavy atom. The van der Waals surface area contributed by atoms with Gasteiger partial charge in [-0.3, -0.25) is 4.79 Å². The molecule has 0 aliphatic rings. The number of aryl methyl sites for hydroxylation is 1. The van der Waals surface area contributed by atoms with E-state index in [9.17, 15) is 4.79 Å². The van der Waals surface area contributed by atoms with E-state index in [-0.39, 0.29) is 5.56 Å². The summed E-state index contributed by atoms with van der Waals surface area (Å²) in [6, 6.07) is 1.49. The van der Waals surface area contributed by atoms with Crippen LogP contribution in [-0.4, -0.2) is 16.5 Å². The van der Waals surface area contributed by atoms with Crippen molar-refractivity contribution in [3.05, 3.63) is 22.2 Å². The van der Waals surface area contributed by atoms with Crippen molar-refractivity contribution in [2.75, 3.05) is 11.9 Å². The maximum Gasteiger partial charge on any atom is 0.252 e. The Morgan fingerprint density at radius 2 is 2.21 bits per heavy atom. The van der Waals surface area contributed by atoms with Gasteiger partial charge in [-0.05, 0) is 12.8 Å². The van der Waals surface area contributed by atoms with Gasteiger partial charge < -0.3 is 10.3 Å². The molecule has 0 atom stereocenters. The van der Waals surface area contributed by atoms with Gasteiger partial charge in [0, 0.05) is 19.0 Å². The van der Waals surface area contributed by atoms with Gasteiger partial charge in [-0.2, -0.15) is 0 Å². The first kappa shape index (κ1) is 10.8. The molecule has 0 spiro atoms. The predicted molar refractivity (Wildman–Crippen MR) is 57.6 cm³/mol. The molecule has 0 fully saturated rings. The van der Waals surface area contributed by atoms with Gasteiger partial charge in [0.05, 0.1) is 0 Å². The van der Waals surface area contributed by atoms with Crippen molar-refractivity contribution in [1.29, 1.82) is 0 Å². The van der Waals surface area contributed by atoms with Gasteiger partial charge in [-0.15, -0.1) is 0 Å². The molecule has 0 aliphatic heterocycles. The molecule has 2 N–H and O–H groups in total. The molecule has 1 heterocycles. The highest BCUT2D eigenvalue weighted by Gasteiger charge is 1.99. The predicted octanol–water partition coefficient (Wildman–Crippen LogP) is 1.54. The first-order valence-electron chi connectivity index (χ1n) is 5.10. The minimum atomic E-state index is -0.0814. The second-order valence-electron chi connectivity index (χ2n) is 3.25. The van der Waals surface area contributed by atoms with E-state index in [2.05, 4.69) is 29.1 Å². The zero-order valence-corrected chi connectivity index (χ0v) is 8.76. The van der Waals surface area contributed by atoms with Crippen LogP contribution >= 0.6 is 0 Å². The molecule has 0 radical (unpaired) electrons. The van der Waals surface area contributed by atoms with Crippen LogP contribution in [0.1, 0.15) is 32.5 Å². The minimum Gasteiger partial charge on any atom is -0.370 e. The van der Waals surface area contributed by atoms with Crippen LogP contribution in [0.4, 0.5) is 5.82 Å². The molecule has 0 bridgehead atoms. The quantitative estimate of drug-likeness (QED) is 0.749. The van der Waals surface area contributed by atoms with E-state index in [0.29, 0.717) is 5.82 Å². The molecule has 0 saturated carbocycles. The molecular formula is C10H17N3O. The van der Waals surface area contributed by atoms with Gasteiger partial charge in [0.2, 0.25) is 0 Å². The zero-order valence-electron chi connectivity index (χ0n) is 8.76. The van der Waals surface area contributed by atoms with Crippen molar-refractivity contribution in [1.82, 2.24) is 9.97 Å². The van der Waals surface area contributed by atoms with Crippen molar-refractivity contribution >= 4 is 5.82 Å². The maximum absolute atomic E-state index is 11.2. The van der Waals surface area contributed by atoms with Crippen LogP contribution in [0.5, 0.6) is 0 Å². The summed E-state index contributed by atoms with van der Waals surface area (Å²) in [7, 11) is 0. The van der Waals surface area contributed by atoms with Gasteiger partial charge in [-0.25, -0.2) is 4.98 Å². The van der Waals surface area contributed by atoms with Gasteiger partial charge >= 0.3 is 0 Å². The number of H-pyrrole nitrogens is 1. The van der Waals surface area contributed by atoms with Crippen LogP contribution in [0, 0.1) is 0 Å². The molecule has 1 aromatic rings. The van der Waals surface area contributed by atoms with Crippen molar-refractivity contribution in [2.45, 2.75) is 33.1 Å². The van der Waals surface area contributed by atoms with E-state index in [0.717, 1.165) is 31.6 Å². The highest BCUT2D eigenvalue weighted by atomic mass is 16.1. The Balaban J connectivity index is 2.78. The molecule has 4 heteroatoms. The lowest BCUT2D eigenvalue weighted by Crippen LogP contribution is -2.14. The van der Waals surface area contributed by atoms with Gasteiger partial charge in [0.15, 0.2) is 0 Å². The minimum absolute atomic E-state index is 0.0814. The monoisotopic (exact) mass is 195 g/mol. The molecule has 0 amide bonds. The lowest BCUT2D eigenvalue weighted by Gasteiger charge is -2.04. The third kappa shape index (κ3) is 3.20. The third-order valence-corrected chi connectivity index (χ3v) is 1.83. The molecule has 0 aromatic carbocycles. The molecule has 1 aromatic heterocycles. The van der Waals surface area contributed by atoms with Crippen LogP contribution < -0.4 is 10.9 Å². The summed E-state index contributed by atoms with van der Waals surface area (Å²) < 4.78 is 0. The number of nitrogens with one attached hydrogen (secondary N) is 2. The molecule has 4 nitrogen and oxygen atoms in total. The summed E-state index contributed by atoms with van der Waals surface area (Å²) in [5.74, 6) is 1.44. The fourth-order valence-electron chi connectivity index (χ4n) is 1.21. The Kier molecular flexibility index (Phi) is 4.16. The van der Waals surface area contributed by atoms with Crippen LogP contribution in [0.3, 0.4) is 0 Å². The molecule has 1 rings (SSSR count). The molecular weight excluding hydrogens is 178 g/mol. The van der Waals surface area contributed by atoms with Crippen molar-refractivity contribution in [3.8, 4) is 0 Å². The number of hydrogen-bond donors (Lipinski definition) is 2. The molecule has 14 heavy (non-hydrogen) atoms. The average molecular weight is 195 g/mol. The fourth-order valence-corrected chi connectivity index (χ4v) is 1.21. The summed E-state index contributed by atoms with van der Waals surface area (Å²) in [4.78, 5) is 18.2. The zero-order chi connectivity index (χ0) is 10.4. The Labute approximate surface area is 83.8 Å². The highest BCUT2D eigenvalue weighted by Crippen LogP contribution is 2.00.